The molecule has 110 valence electrons. The number of hydrogen-bond acceptors (Lipinski definition) is 2. The molecule has 0 aromatic heterocycles. The molecule has 1 unspecified atom stereocenters. The minimum atomic E-state index is -0.100. The lowest BCUT2D eigenvalue weighted by atomic mass is 9.93. The van der Waals surface area contributed by atoms with Gasteiger partial charge >= 0.3 is 0 Å². The maximum atomic E-state index is 12.3. The Kier molecular flexibility index (Phi) is 4.04. The summed E-state index contributed by atoms with van der Waals surface area (Å²) in [6.07, 6.45) is 8.87. The molecular formula is C17H20N2O2. The Morgan fingerprint density at radius 3 is 2.57 bits per heavy atom. The van der Waals surface area contributed by atoms with Crippen LogP contribution in [0.3, 0.4) is 0 Å². The third-order valence-electron chi connectivity index (χ3n) is 3.98. The van der Waals surface area contributed by atoms with Gasteiger partial charge in [-0.1, -0.05) is 24.3 Å². The molecule has 1 fully saturated rings. The Labute approximate surface area is 124 Å². The highest BCUT2D eigenvalue weighted by Gasteiger charge is 2.25. The summed E-state index contributed by atoms with van der Waals surface area (Å²) in [5.74, 6) is -0.0856. The van der Waals surface area contributed by atoms with E-state index < -0.39 is 0 Å². The molecule has 4 heteroatoms. The molecule has 0 spiro atoms. The topological polar surface area (TPSA) is 58.2 Å². The fourth-order valence-corrected chi connectivity index (χ4v) is 2.55. The van der Waals surface area contributed by atoms with Gasteiger partial charge in [-0.2, -0.15) is 0 Å². The fourth-order valence-electron chi connectivity index (χ4n) is 2.55. The molecule has 0 bridgehead atoms. The van der Waals surface area contributed by atoms with E-state index in [0.29, 0.717) is 17.3 Å². The molecule has 2 aliphatic carbocycles. The van der Waals surface area contributed by atoms with Gasteiger partial charge in [0, 0.05) is 12.0 Å². The summed E-state index contributed by atoms with van der Waals surface area (Å²) < 4.78 is 0. The first-order valence-electron chi connectivity index (χ1n) is 7.60. The summed E-state index contributed by atoms with van der Waals surface area (Å²) in [6.45, 7) is 0. The van der Waals surface area contributed by atoms with Crippen molar-refractivity contribution in [3.05, 3.63) is 42.0 Å². The zero-order valence-corrected chi connectivity index (χ0v) is 12.0. The third-order valence-corrected chi connectivity index (χ3v) is 3.98. The van der Waals surface area contributed by atoms with Crippen LogP contribution in [0.15, 0.2) is 36.4 Å². The van der Waals surface area contributed by atoms with Crippen LogP contribution >= 0.6 is 0 Å². The van der Waals surface area contributed by atoms with Gasteiger partial charge in [-0.15, -0.1) is 0 Å². The molecule has 1 aromatic carbocycles. The molecule has 0 saturated heterocycles. The Balaban J connectivity index is 1.70. The van der Waals surface area contributed by atoms with Gasteiger partial charge in [-0.05, 0) is 44.2 Å². The van der Waals surface area contributed by atoms with Crippen molar-refractivity contribution in [2.75, 3.05) is 5.32 Å². The van der Waals surface area contributed by atoms with Crippen LogP contribution in [-0.4, -0.2) is 17.9 Å². The highest BCUT2D eigenvalue weighted by molar-refractivity contribution is 6.04. The van der Waals surface area contributed by atoms with Gasteiger partial charge < -0.3 is 10.6 Å². The standard InChI is InChI=1S/C17H20N2O2/c20-16(12-6-2-1-3-7-12)19-15-9-5-4-8-14(15)17(21)18-13-10-11-13/h1-2,4-5,8-9,12-13H,3,6-7,10-11H2,(H,18,21)(H,19,20). The second kappa shape index (κ2) is 6.12. The number of hydrogen-bond donors (Lipinski definition) is 2. The second-order valence-corrected chi connectivity index (χ2v) is 5.76. The van der Waals surface area contributed by atoms with Crippen LogP contribution in [0.4, 0.5) is 5.69 Å². The molecule has 2 aliphatic rings. The highest BCUT2D eigenvalue weighted by Crippen LogP contribution is 2.24. The number of carbonyl (C=O) groups is 2. The van der Waals surface area contributed by atoms with Crippen LogP contribution in [0.1, 0.15) is 42.5 Å². The van der Waals surface area contributed by atoms with Crippen LogP contribution in [0.2, 0.25) is 0 Å². The number of allylic oxidation sites excluding steroid dienone is 2. The lowest BCUT2D eigenvalue weighted by Gasteiger charge is -2.18. The number of para-hydroxylation sites is 1. The predicted octanol–water partition coefficient (Wildman–Crippen LogP) is 2.87. The van der Waals surface area contributed by atoms with Gasteiger partial charge in [0.1, 0.15) is 0 Å². The van der Waals surface area contributed by atoms with Gasteiger partial charge in [-0.25, -0.2) is 0 Å². The molecule has 2 N–H and O–H groups in total. The van der Waals surface area contributed by atoms with Gasteiger partial charge in [0.15, 0.2) is 0 Å². The van der Waals surface area contributed by atoms with Crippen molar-refractivity contribution >= 4 is 17.5 Å². The van der Waals surface area contributed by atoms with Crippen molar-refractivity contribution in [2.24, 2.45) is 5.92 Å². The molecule has 3 rings (SSSR count). The number of rotatable bonds is 4. The van der Waals surface area contributed by atoms with Crippen LogP contribution in [-0.2, 0) is 4.79 Å². The van der Waals surface area contributed by atoms with E-state index in [1.807, 2.05) is 12.1 Å². The summed E-state index contributed by atoms with van der Waals surface area (Å²) in [6, 6.07) is 7.52. The lowest BCUT2D eigenvalue weighted by Crippen LogP contribution is -2.28. The molecule has 21 heavy (non-hydrogen) atoms. The van der Waals surface area contributed by atoms with Crippen molar-refractivity contribution in [2.45, 2.75) is 38.1 Å². The first kappa shape index (κ1) is 13.9. The van der Waals surface area contributed by atoms with E-state index in [0.717, 1.165) is 32.1 Å². The van der Waals surface area contributed by atoms with Gasteiger partial charge in [-0.3, -0.25) is 9.59 Å². The van der Waals surface area contributed by atoms with E-state index in [-0.39, 0.29) is 17.7 Å². The average molecular weight is 284 g/mol. The van der Waals surface area contributed by atoms with Crippen molar-refractivity contribution in [1.82, 2.24) is 5.32 Å². The monoisotopic (exact) mass is 284 g/mol. The van der Waals surface area contributed by atoms with E-state index in [4.69, 9.17) is 0 Å². The van der Waals surface area contributed by atoms with Crippen LogP contribution < -0.4 is 10.6 Å². The average Bonchev–Trinajstić information content (AvgIpc) is 3.32. The van der Waals surface area contributed by atoms with Crippen LogP contribution in [0.25, 0.3) is 0 Å². The smallest absolute Gasteiger partial charge is 0.253 e. The Bertz CT molecular complexity index is 576. The van der Waals surface area contributed by atoms with E-state index >= 15 is 0 Å². The summed E-state index contributed by atoms with van der Waals surface area (Å²) in [5.41, 5.74) is 1.15. The van der Waals surface area contributed by atoms with E-state index in [1.54, 1.807) is 12.1 Å². The molecule has 4 nitrogen and oxygen atoms in total. The first-order chi connectivity index (χ1) is 10.2. The van der Waals surface area contributed by atoms with E-state index in [9.17, 15) is 9.59 Å². The second-order valence-electron chi connectivity index (χ2n) is 5.76. The van der Waals surface area contributed by atoms with Crippen LogP contribution in [0, 0.1) is 5.92 Å². The van der Waals surface area contributed by atoms with Crippen molar-refractivity contribution < 1.29 is 9.59 Å². The number of anilines is 1. The zero-order chi connectivity index (χ0) is 14.7. The SMILES string of the molecule is O=C(NC1CC1)c1ccccc1NC(=O)C1CC=CCC1. The Morgan fingerprint density at radius 2 is 1.86 bits per heavy atom. The molecule has 0 radical (unpaired) electrons. The number of nitrogens with one attached hydrogen (secondary N) is 2. The zero-order valence-electron chi connectivity index (χ0n) is 12.0. The van der Waals surface area contributed by atoms with Crippen LogP contribution in [0.5, 0.6) is 0 Å². The third kappa shape index (κ3) is 3.51. The summed E-state index contributed by atoms with van der Waals surface area (Å²) >= 11 is 0. The molecule has 0 heterocycles. The Hall–Kier alpha value is -2.10. The lowest BCUT2D eigenvalue weighted by molar-refractivity contribution is -0.120. The Morgan fingerprint density at radius 1 is 1.05 bits per heavy atom. The largest absolute Gasteiger partial charge is 0.349 e. The maximum Gasteiger partial charge on any atom is 0.253 e. The number of benzene rings is 1. The van der Waals surface area contributed by atoms with Crippen molar-refractivity contribution in [3.8, 4) is 0 Å². The van der Waals surface area contributed by atoms with Gasteiger partial charge in [0.25, 0.3) is 5.91 Å². The molecule has 1 atom stereocenters. The minimum absolute atomic E-state index is 0.00558. The normalized spacial score (nSPS) is 20.9. The quantitative estimate of drug-likeness (QED) is 0.835. The summed E-state index contributed by atoms with van der Waals surface area (Å²) in [4.78, 5) is 24.5. The van der Waals surface area contributed by atoms with Gasteiger partial charge in [0.2, 0.25) is 5.91 Å². The minimum Gasteiger partial charge on any atom is -0.349 e. The number of carbonyl (C=O) groups excluding carboxylic acids is 2. The summed E-state index contributed by atoms with van der Waals surface area (Å²) in [7, 11) is 0. The summed E-state index contributed by atoms with van der Waals surface area (Å²) in [5, 5.41) is 5.88. The van der Waals surface area contributed by atoms with E-state index in [1.165, 1.54) is 0 Å². The van der Waals surface area contributed by atoms with Crippen molar-refractivity contribution in [1.29, 1.82) is 0 Å². The van der Waals surface area contributed by atoms with E-state index in [2.05, 4.69) is 22.8 Å². The highest BCUT2D eigenvalue weighted by atomic mass is 16.2. The molecular weight excluding hydrogens is 264 g/mol. The molecule has 1 aromatic rings. The fraction of sp³-hybridized carbons (Fsp3) is 0.412. The number of amides is 2. The predicted molar refractivity (Wildman–Crippen MR) is 82.0 cm³/mol. The molecule has 2 amide bonds. The van der Waals surface area contributed by atoms with Gasteiger partial charge in [0.05, 0.1) is 11.3 Å². The first-order valence-corrected chi connectivity index (χ1v) is 7.60. The molecule has 1 saturated carbocycles. The van der Waals surface area contributed by atoms with Crippen molar-refractivity contribution in [3.63, 3.8) is 0 Å². The molecule has 0 aliphatic heterocycles. The maximum absolute atomic E-state index is 12.3.